The molecule has 0 spiro atoms. The SMILES string of the molecule is O=C(O)COCNC(=O)[C@H](Cc1ccccc1)NC(=O)CNC(=O)CNC(=O)OCC1c2ccccc2-c2ccccc21. The van der Waals surface area contributed by atoms with Crippen LogP contribution in [0.4, 0.5) is 4.79 Å². The van der Waals surface area contributed by atoms with Crippen LogP contribution in [0.3, 0.4) is 0 Å². The molecule has 12 nitrogen and oxygen atoms in total. The number of alkyl carbamates (subject to hydrolysis) is 1. The number of hydrogen-bond donors (Lipinski definition) is 5. The third-order valence-electron chi connectivity index (χ3n) is 6.69. The van der Waals surface area contributed by atoms with E-state index in [9.17, 15) is 24.0 Å². The summed E-state index contributed by atoms with van der Waals surface area (Å²) in [6, 6.07) is 23.8. The minimum Gasteiger partial charge on any atom is -0.480 e. The molecule has 0 aliphatic heterocycles. The number of benzene rings is 3. The quantitative estimate of drug-likeness (QED) is 0.139. The number of fused-ring (bicyclic) bond motifs is 3. The van der Waals surface area contributed by atoms with Crippen LogP contribution in [0.15, 0.2) is 78.9 Å². The number of aliphatic carboxylic acids is 1. The molecular formula is C31H32N4O8. The van der Waals surface area contributed by atoms with Gasteiger partial charge in [-0.05, 0) is 27.8 Å². The standard InChI is InChI=1S/C31H32N4O8/c36-27(15-33-31(41)43-17-25-23-12-6-4-10-21(23)22-11-5-7-13-24(22)25)32-16-28(37)35-26(14-20-8-2-1-3-9-20)30(40)34-19-42-18-29(38)39/h1-13,25-26H,14-19H2,(H,32,36)(H,33,41)(H,34,40)(H,35,37)(H,38,39)/t26-/m0/s1. The molecule has 0 saturated carbocycles. The van der Waals surface area contributed by atoms with E-state index in [1.807, 2.05) is 54.6 Å². The summed E-state index contributed by atoms with van der Waals surface area (Å²) in [5.41, 5.74) is 5.09. The van der Waals surface area contributed by atoms with Crippen molar-refractivity contribution in [3.63, 3.8) is 0 Å². The van der Waals surface area contributed by atoms with Gasteiger partial charge in [0.1, 0.15) is 32.5 Å². The van der Waals surface area contributed by atoms with Crippen LogP contribution < -0.4 is 21.3 Å². The molecule has 1 aliphatic carbocycles. The van der Waals surface area contributed by atoms with E-state index in [4.69, 9.17) is 14.6 Å². The first-order valence-electron chi connectivity index (χ1n) is 13.6. The second kappa shape index (κ2) is 15.1. The summed E-state index contributed by atoms with van der Waals surface area (Å²) in [7, 11) is 0. The molecule has 0 fully saturated rings. The Morgan fingerprint density at radius 3 is 2.00 bits per heavy atom. The molecule has 0 heterocycles. The van der Waals surface area contributed by atoms with E-state index in [0.717, 1.165) is 27.8 Å². The topological polar surface area (TPSA) is 172 Å². The lowest BCUT2D eigenvalue weighted by Crippen LogP contribution is -2.51. The Morgan fingerprint density at radius 1 is 0.744 bits per heavy atom. The van der Waals surface area contributed by atoms with Gasteiger partial charge in [0, 0.05) is 12.3 Å². The monoisotopic (exact) mass is 588 g/mol. The molecule has 1 atom stereocenters. The van der Waals surface area contributed by atoms with Crippen molar-refractivity contribution >= 4 is 29.8 Å². The maximum absolute atomic E-state index is 12.6. The molecule has 224 valence electrons. The third-order valence-corrected chi connectivity index (χ3v) is 6.69. The van der Waals surface area contributed by atoms with Gasteiger partial charge in [0.25, 0.3) is 0 Å². The largest absolute Gasteiger partial charge is 0.480 e. The fourth-order valence-electron chi connectivity index (χ4n) is 4.73. The Hall–Kier alpha value is -5.23. The smallest absolute Gasteiger partial charge is 0.407 e. The van der Waals surface area contributed by atoms with Crippen molar-refractivity contribution < 1.29 is 38.6 Å². The molecule has 43 heavy (non-hydrogen) atoms. The van der Waals surface area contributed by atoms with Gasteiger partial charge in [-0.3, -0.25) is 14.4 Å². The summed E-state index contributed by atoms with van der Waals surface area (Å²) < 4.78 is 10.2. The number of amides is 4. The maximum atomic E-state index is 12.6. The maximum Gasteiger partial charge on any atom is 0.407 e. The predicted molar refractivity (Wildman–Crippen MR) is 155 cm³/mol. The van der Waals surface area contributed by atoms with Gasteiger partial charge >= 0.3 is 12.1 Å². The summed E-state index contributed by atoms with van der Waals surface area (Å²) in [4.78, 5) is 60.4. The number of carboxylic acid groups (broad SMARTS) is 1. The Morgan fingerprint density at radius 2 is 1.35 bits per heavy atom. The Balaban J connectivity index is 1.21. The normalized spacial score (nSPS) is 12.3. The van der Waals surface area contributed by atoms with Crippen molar-refractivity contribution in [3.05, 3.63) is 95.6 Å². The first-order chi connectivity index (χ1) is 20.8. The Bertz CT molecular complexity index is 1420. The molecule has 12 heteroatoms. The highest BCUT2D eigenvalue weighted by Crippen LogP contribution is 2.44. The lowest BCUT2D eigenvalue weighted by atomic mass is 9.98. The van der Waals surface area contributed by atoms with Gasteiger partial charge in [-0.1, -0.05) is 78.9 Å². The number of carbonyl (C=O) groups is 5. The summed E-state index contributed by atoms with van der Waals surface area (Å²) in [5, 5.41) is 18.4. The number of nitrogens with one attached hydrogen (secondary N) is 4. The van der Waals surface area contributed by atoms with Crippen molar-refractivity contribution in [1.82, 2.24) is 21.3 Å². The molecule has 4 amide bonds. The number of hydrogen-bond acceptors (Lipinski definition) is 7. The summed E-state index contributed by atoms with van der Waals surface area (Å²) in [6.07, 6.45) is -0.625. The molecule has 1 aliphatic rings. The second-order valence-corrected chi connectivity index (χ2v) is 9.69. The average molecular weight is 589 g/mol. The molecule has 0 saturated heterocycles. The van der Waals surface area contributed by atoms with Crippen LogP contribution in [0, 0.1) is 0 Å². The second-order valence-electron chi connectivity index (χ2n) is 9.69. The van der Waals surface area contributed by atoms with Crippen LogP contribution >= 0.6 is 0 Å². The van der Waals surface area contributed by atoms with Gasteiger partial charge in [-0.2, -0.15) is 0 Å². The summed E-state index contributed by atoms with van der Waals surface area (Å²) >= 11 is 0. The summed E-state index contributed by atoms with van der Waals surface area (Å²) in [6.45, 7) is -1.72. The molecule has 5 N–H and O–H groups in total. The van der Waals surface area contributed by atoms with Gasteiger partial charge in [0.05, 0.1) is 6.54 Å². The number of carbonyl (C=O) groups excluding carboxylic acids is 4. The first kappa shape index (κ1) is 30.7. The predicted octanol–water partition coefficient (Wildman–Crippen LogP) is 1.54. The van der Waals surface area contributed by atoms with E-state index in [1.54, 1.807) is 24.3 Å². The van der Waals surface area contributed by atoms with Crippen LogP contribution in [0.1, 0.15) is 22.6 Å². The zero-order valence-corrected chi connectivity index (χ0v) is 23.2. The van der Waals surface area contributed by atoms with Crippen LogP contribution in [0.5, 0.6) is 0 Å². The van der Waals surface area contributed by atoms with Gasteiger partial charge < -0.3 is 35.8 Å². The van der Waals surface area contributed by atoms with Crippen LogP contribution in [0.25, 0.3) is 11.1 Å². The molecule has 3 aromatic rings. The van der Waals surface area contributed by atoms with Gasteiger partial charge in [-0.15, -0.1) is 0 Å². The average Bonchev–Trinajstić information content (AvgIpc) is 3.33. The molecule has 3 aromatic carbocycles. The van der Waals surface area contributed by atoms with E-state index in [1.165, 1.54) is 0 Å². The lowest BCUT2D eigenvalue weighted by Gasteiger charge is -2.19. The Kier molecular flexibility index (Phi) is 10.8. The molecule has 0 unspecified atom stereocenters. The highest BCUT2D eigenvalue weighted by Gasteiger charge is 2.29. The third kappa shape index (κ3) is 8.88. The zero-order valence-electron chi connectivity index (χ0n) is 23.2. The van der Waals surface area contributed by atoms with E-state index < -0.39 is 55.5 Å². The summed E-state index contributed by atoms with van der Waals surface area (Å²) in [5.74, 6) is -3.18. The van der Waals surface area contributed by atoms with E-state index in [2.05, 4.69) is 21.3 Å². The molecule has 0 aromatic heterocycles. The van der Waals surface area contributed by atoms with Crippen LogP contribution in [0.2, 0.25) is 0 Å². The number of rotatable bonds is 14. The van der Waals surface area contributed by atoms with Crippen molar-refractivity contribution in [3.8, 4) is 11.1 Å². The first-order valence-corrected chi connectivity index (χ1v) is 13.6. The highest BCUT2D eigenvalue weighted by atomic mass is 16.5. The Labute approximate surface area is 247 Å². The van der Waals surface area contributed by atoms with Crippen LogP contribution in [-0.2, 0) is 35.1 Å². The molecule has 0 bridgehead atoms. The minimum atomic E-state index is -1.19. The van der Waals surface area contributed by atoms with Gasteiger partial charge in [-0.25, -0.2) is 9.59 Å². The minimum absolute atomic E-state index is 0.0934. The van der Waals surface area contributed by atoms with Gasteiger partial charge in [0.2, 0.25) is 17.7 Å². The van der Waals surface area contributed by atoms with Crippen LogP contribution in [-0.4, -0.2) is 74.0 Å². The van der Waals surface area contributed by atoms with Crippen molar-refractivity contribution in [2.24, 2.45) is 0 Å². The van der Waals surface area contributed by atoms with Crippen molar-refractivity contribution in [2.45, 2.75) is 18.4 Å². The number of carboxylic acids is 1. The van der Waals surface area contributed by atoms with E-state index in [0.29, 0.717) is 0 Å². The van der Waals surface area contributed by atoms with Crippen molar-refractivity contribution in [2.75, 3.05) is 33.0 Å². The fourth-order valence-corrected chi connectivity index (χ4v) is 4.73. The fraction of sp³-hybridized carbons (Fsp3) is 0.258. The number of ether oxygens (including phenoxy) is 2. The molecule has 4 rings (SSSR count). The van der Waals surface area contributed by atoms with Crippen molar-refractivity contribution in [1.29, 1.82) is 0 Å². The lowest BCUT2D eigenvalue weighted by molar-refractivity contribution is -0.143. The molecule has 0 radical (unpaired) electrons. The molecular weight excluding hydrogens is 556 g/mol. The van der Waals surface area contributed by atoms with E-state index >= 15 is 0 Å². The highest BCUT2D eigenvalue weighted by molar-refractivity contribution is 5.91. The van der Waals surface area contributed by atoms with Gasteiger partial charge in [0.15, 0.2) is 0 Å². The zero-order chi connectivity index (χ0) is 30.6. The van der Waals surface area contributed by atoms with E-state index in [-0.39, 0.29) is 25.7 Å².